The minimum Gasteiger partial charge on any atom is -0.494 e. The van der Waals surface area contributed by atoms with Gasteiger partial charge in [0.15, 0.2) is 0 Å². The summed E-state index contributed by atoms with van der Waals surface area (Å²) in [5, 5.41) is 0.163. The van der Waals surface area contributed by atoms with Crippen LogP contribution in [0, 0.1) is 5.82 Å². The number of amides is 2. The van der Waals surface area contributed by atoms with Gasteiger partial charge in [0.05, 0.1) is 17.1 Å². The minimum atomic E-state index is -0.307. The standard InChI is InChI=1S/C24H26FNO3S/c1-4-15-29-20-11-7-18(8-12-20)21-22(30-16(2)3)24(28)26(23(21)27)14-13-17-5-9-19(25)10-6-17/h5-12,16H,4,13-15H2,1-3H3. The highest BCUT2D eigenvalue weighted by atomic mass is 32.2. The monoisotopic (exact) mass is 427 g/mol. The number of imide groups is 1. The van der Waals surface area contributed by atoms with E-state index in [0.717, 1.165) is 17.7 Å². The summed E-state index contributed by atoms with van der Waals surface area (Å²) in [7, 11) is 0. The number of hydrogen-bond acceptors (Lipinski definition) is 4. The van der Waals surface area contributed by atoms with E-state index in [4.69, 9.17) is 4.74 Å². The van der Waals surface area contributed by atoms with Crippen molar-refractivity contribution in [1.82, 2.24) is 4.90 Å². The van der Waals surface area contributed by atoms with E-state index in [0.29, 0.717) is 29.1 Å². The third-order valence-corrected chi connectivity index (χ3v) is 5.72. The summed E-state index contributed by atoms with van der Waals surface area (Å²) in [6.45, 7) is 6.92. The number of hydrogen-bond donors (Lipinski definition) is 0. The molecule has 0 spiro atoms. The molecule has 0 bridgehead atoms. The fraction of sp³-hybridized carbons (Fsp3) is 0.333. The summed E-state index contributed by atoms with van der Waals surface area (Å²) in [6, 6.07) is 13.4. The zero-order valence-corrected chi connectivity index (χ0v) is 18.3. The van der Waals surface area contributed by atoms with Gasteiger partial charge in [-0.15, -0.1) is 11.8 Å². The highest BCUT2D eigenvalue weighted by Gasteiger charge is 2.39. The van der Waals surface area contributed by atoms with E-state index in [9.17, 15) is 14.0 Å². The molecule has 0 radical (unpaired) electrons. The molecule has 1 aliphatic rings. The van der Waals surface area contributed by atoms with Crippen molar-refractivity contribution in [3.63, 3.8) is 0 Å². The Morgan fingerprint density at radius 1 is 1.00 bits per heavy atom. The predicted molar refractivity (Wildman–Crippen MR) is 119 cm³/mol. The minimum absolute atomic E-state index is 0.163. The second-order valence-corrected chi connectivity index (χ2v) is 8.97. The van der Waals surface area contributed by atoms with Gasteiger partial charge < -0.3 is 4.74 Å². The predicted octanol–water partition coefficient (Wildman–Crippen LogP) is 5.08. The van der Waals surface area contributed by atoms with Crippen molar-refractivity contribution in [2.24, 2.45) is 0 Å². The number of benzene rings is 2. The summed E-state index contributed by atoms with van der Waals surface area (Å²) in [5.74, 6) is -0.114. The summed E-state index contributed by atoms with van der Waals surface area (Å²) in [4.78, 5) is 28.0. The van der Waals surface area contributed by atoms with Crippen LogP contribution in [0.4, 0.5) is 4.39 Å². The largest absolute Gasteiger partial charge is 0.494 e. The van der Waals surface area contributed by atoms with Crippen LogP contribution in [-0.4, -0.2) is 35.1 Å². The van der Waals surface area contributed by atoms with Gasteiger partial charge in [-0.2, -0.15) is 0 Å². The van der Waals surface area contributed by atoms with Gasteiger partial charge in [0.2, 0.25) is 0 Å². The van der Waals surface area contributed by atoms with Gasteiger partial charge in [-0.25, -0.2) is 4.39 Å². The van der Waals surface area contributed by atoms with E-state index < -0.39 is 0 Å². The molecule has 1 heterocycles. The molecule has 30 heavy (non-hydrogen) atoms. The maximum absolute atomic E-state index is 13.2. The van der Waals surface area contributed by atoms with Crippen molar-refractivity contribution in [2.75, 3.05) is 13.2 Å². The van der Waals surface area contributed by atoms with E-state index in [2.05, 4.69) is 0 Å². The number of rotatable bonds is 9. The molecular formula is C24H26FNO3S. The number of halogens is 1. The molecule has 0 N–H and O–H groups in total. The molecule has 0 fully saturated rings. The van der Waals surface area contributed by atoms with Crippen LogP contribution in [0.5, 0.6) is 5.75 Å². The third-order valence-electron chi connectivity index (χ3n) is 4.63. The zero-order valence-electron chi connectivity index (χ0n) is 17.5. The molecule has 3 rings (SSSR count). The summed E-state index contributed by atoms with van der Waals surface area (Å²) in [6.07, 6.45) is 1.40. The van der Waals surface area contributed by atoms with Crippen LogP contribution < -0.4 is 4.74 Å². The van der Waals surface area contributed by atoms with Crippen LogP contribution >= 0.6 is 11.8 Å². The van der Waals surface area contributed by atoms with Gasteiger partial charge >= 0.3 is 0 Å². The van der Waals surface area contributed by atoms with Crippen molar-refractivity contribution in [3.05, 3.63) is 70.4 Å². The number of ether oxygens (including phenoxy) is 1. The summed E-state index contributed by atoms with van der Waals surface area (Å²) < 4.78 is 18.7. The molecular weight excluding hydrogens is 401 g/mol. The number of carbonyl (C=O) groups is 2. The Morgan fingerprint density at radius 2 is 1.67 bits per heavy atom. The van der Waals surface area contributed by atoms with Crippen molar-refractivity contribution in [3.8, 4) is 5.75 Å². The molecule has 6 heteroatoms. The molecule has 158 valence electrons. The molecule has 2 aromatic carbocycles. The normalized spacial score (nSPS) is 14.2. The molecule has 0 saturated heterocycles. The Balaban J connectivity index is 1.83. The third kappa shape index (κ3) is 5.11. The van der Waals surface area contributed by atoms with Crippen molar-refractivity contribution in [1.29, 1.82) is 0 Å². The van der Waals surface area contributed by atoms with E-state index in [1.165, 1.54) is 28.8 Å². The second-order valence-electron chi connectivity index (χ2n) is 7.38. The first-order valence-corrected chi connectivity index (χ1v) is 11.0. The van der Waals surface area contributed by atoms with Crippen LogP contribution in [0.3, 0.4) is 0 Å². The van der Waals surface area contributed by atoms with E-state index in [1.807, 2.05) is 45.0 Å². The maximum atomic E-state index is 13.2. The lowest BCUT2D eigenvalue weighted by atomic mass is 10.1. The van der Waals surface area contributed by atoms with Crippen LogP contribution in [0.2, 0.25) is 0 Å². The van der Waals surface area contributed by atoms with Gasteiger partial charge in [0.1, 0.15) is 11.6 Å². The molecule has 1 aliphatic heterocycles. The quantitative estimate of drug-likeness (QED) is 0.524. The van der Waals surface area contributed by atoms with Gasteiger partial charge in [-0.3, -0.25) is 14.5 Å². The average molecular weight is 428 g/mol. The second kappa shape index (κ2) is 9.94. The van der Waals surface area contributed by atoms with Crippen LogP contribution in [-0.2, 0) is 16.0 Å². The highest BCUT2D eigenvalue weighted by molar-refractivity contribution is 8.04. The van der Waals surface area contributed by atoms with Gasteiger partial charge in [-0.05, 0) is 48.2 Å². The lowest BCUT2D eigenvalue weighted by molar-refractivity contribution is -0.136. The first-order chi connectivity index (χ1) is 14.4. The summed E-state index contributed by atoms with van der Waals surface area (Å²) in [5.41, 5.74) is 2.03. The first-order valence-electron chi connectivity index (χ1n) is 10.2. The molecule has 0 unspecified atom stereocenters. The Labute approximate surface area is 181 Å². The molecule has 0 aromatic heterocycles. The fourth-order valence-corrected chi connectivity index (χ4v) is 4.19. The fourth-order valence-electron chi connectivity index (χ4n) is 3.19. The molecule has 2 amide bonds. The zero-order chi connectivity index (χ0) is 21.7. The SMILES string of the molecule is CCCOc1ccc(C2=C(SC(C)C)C(=O)N(CCc3ccc(F)cc3)C2=O)cc1. The van der Waals surface area contributed by atoms with Gasteiger partial charge in [0, 0.05) is 11.8 Å². The van der Waals surface area contributed by atoms with E-state index >= 15 is 0 Å². The molecule has 2 aromatic rings. The van der Waals surface area contributed by atoms with E-state index in [-0.39, 0.29) is 29.4 Å². The Morgan fingerprint density at radius 3 is 2.27 bits per heavy atom. The van der Waals surface area contributed by atoms with Gasteiger partial charge in [-0.1, -0.05) is 45.0 Å². The topological polar surface area (TPSA) is 46.6 Å². The molecule has 4 nitrogen and oxygen atoms in total. The Bertz CT molecular complexity index is 936. The van der Waals surface area contributed by atoms with Crippen molar-refractivity contribution in [2.45, 2.75) is 38.9 Å². The molecule has 0 saturated carbocycles. The Kier molecular flexibility index (Phi) is 7.32. The molecule has 0 atom stereocenters. The van der Waals surface area contributed by atoms with Crippen molar-refractivity contribution < 1.29 is 18.7 Å². The van der Waals surface area contributed by atoms with Crippen LogP contribution in [0.25, 0.3) is 5.57 Å². The Hall–Kier alpha value is -2.60. The van der Waals surface area contributed by atoms with Gasteiger partial charge in [0.25, 0.3) is 11.8 Å². The summed E-state index contributed by atoms with van der Waals surface area (Å²) >= 11 is 1.41. The number of thioether (sulfide) groups is 1. The van der Waals surface area contributed by atoms with Crippen LogP contribution in [0.15, 0.2) is 53.4 Å². The number of nitrogens with zero attached hydrogens (tertiary/aromatic N) is 1. The highest BCUT2D eigenvalue weighted by Crippen LogP contribution is 2.38. The lowest BCUT2D eigenvalue weighted by Gasteiger charge is -2.15. The lowest BCUT2D eigenvalue weighted by Crippen LogP contribution is -2.33. The molecule has 0 aliphatic carbocycles. The smallest absolute Gasteiger partial charge is 0.268 e. The first kappa shape index (κ1) is 22.1. The van der Waals surface area contributed by atoms with E-state index in [1.54, 1.807) is 12.1 Å². The van der Waals surface area contributed by atoms with Crippen LogP contribution in [0.1, 0.15) is 38.3 Å². The maximum Gasteiger partial charge on any atom is 0.268 e. The average Bonchev–Trinajstić information content (AvgIpc) is 2.95. The number of carbonyl (C=O) groups excluding carboxylic acids is 2. The van der Waals surface area contributed by atoms with Crippen molar-refractivity contribution >= 4 is 29.1 Å².